The lowest BCUT2D eigenvalue weighted by Crippen LogP contribution is -2.09. The Labute approximate surface area is 166 Å². The Hall–Kier alpha value is -2.86. The zero-order valence-electron chi connectivity index (χ0n) is 16.2. The highest BCUT2D eigenvalue weighted by molar-refractivity contribution is 6.07. The van der Waals surface area contributed by atoms with Gasteiger partial charge in [-0.2, -0.15) is 0 Å². The van der Waals surface area contributed by atoms with Crippen LogP contribution >= 0.6 is 0 Å². The normalized spacial score (nSPS) is 18.9. The molecule has 0 fully saturated rings. The molecular formula is C28H24. The summed E-state index contributed by atoms with van der Waals surface area (Å²) in [6, 6.07) is 27.3. The third-order valence-corrected chi connectivity index (χ3v) is 6.74. The first-order valence-corrected chi connectivity index (χ1v) is 10.6. The number of hydrogen-bond donors (Lipinski definition) is 0. The lowest BCUT2D eigenvalue weighted by Gasteiger charge is -2.29. The maximum atomic E-state index is 2.38. The molecule has 0 saturated heterocycles. The zero-order chi connectivity index (χ0) is 18.5. The average Bonchev–Trinajstić information content (AvgIpc) is 2.78. The van der Waals surface area contributed by atoms with Crippen LogP contribution in [0.15, 0.2) is 72.8 Å². The minimum atomic E-state index is 1.21. The van der Waals surface area contributed by atoms with Crippen LogP contribution in [-0.2, 0) is 12.8 Å². The van der Waals surface area contributed by atoms with Crippen molar-refractivity contribution in [3.8, 4) is 0 Å². The maximum absolute atomic E-state index is 2.38. The van der Waals surface area contributed by atoms with E-state index in [-0.39, 0.29) is 0 Å². The largest absolute Gasteiger partial charge is 0.0616 e. The van der Waals surface area contributed by atoms with Gasteiger partial charge in [-0.05, 0) is 93.5 Å². The molecule has 136 valence electrons. The Morgan fingerprint density at radius 2 is 0.893 bits per heavy atom. The number of benzene rings is 4. The van der Waals surface area contributed by atoms with Gasteiger partial charge in [0.1, 0.15) is 0 Å². The van der Waals surface area contributed by atoms with Gasteiger partial charge in [0.15, 0.2) is 0 Å². The third kappa shape index (κ3) is 2.37. The lowest BCUT2D eigenvalue weighted by molar-refractivity contribution is 0.802. The summed E-state index contributed by atoms with van der Waals surface area (Å²) in [6.45, 7) is 0. The van der Waals surface area contributed by atoms with Crippen LogP contribution in [-0.4, -0.2) is 0 Å². The molecule has 6 rings (SSSR count). The van der Waals surface area contributed by atoms with Crippen LogP contribution in [0.25, 0.3) is 32.7 Å². The molecule has 0 saturated carbocycles. The Bertz CT molecular complexity index is 1160. The number of hydrogen-bond acceptors (Lipinski definition) is 0. The van der Waals surface area contributed by atoms with E-state index in [9.17, 15) is 0 Å². The van der Waals surface area contributed by atoms with Crippen LogP contribution < -0.4 is 0 Å². The van der Waals surface area contributed by atoms with Gasteiger partial charge in [0.25, 0.3) is 0 Å². The third-order valence-electron chi connectivity index (χ3n) is 6.74. The fourth-order valence-electron chi connectivity index (χ4n) is 5.53. The standard InChI is InChI=1S/C28H24/c1-3-11-23-19(7-1)15-17-21-9-5-13-25(27(21)23)26-14-6-10-22-18-16-20-8-2-4-12-24(20)28(22)26/h1-4,7-8,11-12,15-18H,5-6,9-10,13-14H2/b26-25+. The maximum Gasteiger partial charge on any atom is -0.0106 e. The summed E-state index contributed by atoms with van der Waals surface area (Å²) in [6.07, 6.45) is 7.37. The highest BCUT2D eigenvalue weighted by Gasteiger charge is 2.25. The highest BCUT2D eigenvalue weighted by atomic mass is 14.3. The van der Waals surface area contributed by atoms with Crippen molar-refractivity contribution in [2.75, 3.05) is 0 Å². The lowest BCUT2D eigenvalue weighted by atomic mass is 9.75. The van der Waals surface area contributed by atoms with E-state index in [1.54, 1.807) is 33.4 Å². The van der Waals surface area contributed by atoms with E-state index in [2.05, 4.69) is 72.8 Å². The molecule has 28 heavy (non-hydrogen) atoms. The molecule has 4 aromatic rings. The molecule has 0 amide bonds. The fraction of sp³-hybridized carbons (Fsp3) is 0.214. The summed E-state index contributed by atoms with van der Waals surface area (Å²) in [5.74, 6) is 0. The highest BCUT2D eigenvalue weighted by Crippen LogP contribution is 2.46. The van der Waals surface area contributed by atoms with E-state index in [0.29, 0.717) is 0 Å². The molecule has 4 aromatic carbocycles. The van der Waals surface area contributed by atoms with E-state index in [1.165, 1.54) is 60.1 Å². The van der Waals surface area contributed by atoms with Gasteiger partial charge < -0.3 is 0 Å². The summed E-state index contributed by atoms with van der Waals surface area (Å²) >= 11 is 0. The van der Waals surface area contributed by atoms with Crippen molar-refractivity contribution in [2.24, 2.45) is 0 Å². The molecule has 0 spiro atoms. The van der Waals surface area contributed by atoms with E-state index in [1.807, 2.05) is 0 Å². The van der Waals surface area contributed by atoms with Crippen molar-refractivity contribution >= 4 is 32.7 Å². The predicted molar refractivity (Wildman–Crippen MR) is 121 cm³/mol. The van der Waals surface area contributed by atoms with Crippen molar-refractivity contribution in [3.05, 3.63) is 95.1 Å². The van der Waals surface area contributed by atoms with Gasteiger partial charge in [0.2, 0.25) is 0 Å². The first-order chi connectivity index (χ1) is 13.9. The SMILES string of the molecule is c1ccc2c3c(ccc2c1)CCC/C3=C1/CCCc2ccc3ccccc3c21. The smallest absolute Gasteiger partial charge is 0.0106 e. The molecule has 2 aliphatic rings. The molecule has 0 heteroatoms. The van der Waals surface area contributed by atoms with Gasteiger partial charge >= 0.3 is 0 Å². The number of rotatable bonds is 0. The molecule has 0 bridgehead atoms. The summed E-state index contributed by atoms with van der Waals surface area (Å²) in [5, 5.41) is 5.62. The van der Waals surface area contributed by atoms with E-state index >= 15 is 0 Å². The molecular weight excluding hydrogens is 336 g/mol. The second-order valence-corrected chi connectivity index (χ2v) is 8.31. The summed E-state index contributed by atoms with van der Waals surface area (Å²) in [4.78, 5) is 0. The Morgan fingerprint density at radius 1 is 0.429 bits per heavy atom. The Kier molecular flexibility index (Phi) is 3.65. The minimum absolute atomic E-state index is 1.21. The monoisotopic (exact) mass is 360 g/mol. The second-order valence-electron chi connectivity index (χ2n) is 8.31. The van der Waals surface area contributed by atoms with Gasteiger partial charge in [-0.15, -0.1) is 0 Å². The van der Waals surface area contributed by atoms with Gasteiger partial charge in [0, 0.05) is 0 Å². The number of allylic oxidation sites excluding steroid dienone is 2. The van der Waals surface area contributed by atoms with Gasteiger partial charge in [-0.1, -0.05) is 72.8 Å². The Morgan fingerprint density at radius 3 is 1.39 bits per heavy atom. The fourth-order valence-corrected chi connectivity index (χ4v) is 5.53. The van der Waals surface area contributed by atoms with Crippen LogP contribution in [0.4, 0.5) is 0 Å². The van der Waals surface area contributed by atoms with Crippen molar-refractivity contribution in [1.29, 1.82) is 0 Å². The average molecular weight is 360 g/mol. The van der Waals surface area contributed by atoms with Crippen molar-refractivity contribution < 1.29 is 0 Å². The predicted octanol–water partition coefficient (Wildman–Crippen LogP) is 7.58. The minimum Gasteiger partial charge on any atom is -0.0616 e. The van der Waals surface area contributed by atoms with Gasteiger partial charge in [-0.3, -0.25) is 0 Å². The van der Waals surface area contributed by atoms with Crippen LogP contribution in [0, 0.1) is 0 Å². The van der Waals surface area contributed by atoms with Crippen molar-refractivity contribution in [3.63, 3.8) is 0 Å². The first-order valence-electron chi connectivity index (χ1n) is 10.6. The molecule has 0 aliphatic heterocycles. The van der Waals surface area contributed by atoms with E-state index in [4.69, 9.17) is 0 Å². The molecule has 0 atom stereocenters. The summed E-state index contributed by atoms with van der Waals surface area (Å²) < 4.78 is 0. The molecule has 0 radical (unpaired) electrons. The molecule has 0 unspecified atom stereocenters. The Balaban J connectivity index is 1.72. The van der Waals surface area contributed by atoms with Crippen molar-refractivity contribution in [1.82, 2.24) is 0 Å². The van der Waals surface area contributed by atoms with Gasteiger partial charge in [0.05, 0.1) is 0 Å². The zero-order valence-corrected chi connectivity index (χ0v) is 16.2. The van der Waals surface area contributed by atoms with Crippen LogP contribution in [0.3, 0.4) is 0 Å². The molecule has 0 N–H and O–H groups in total. The van der Waals surface area contributed by atoms with Crippen LogP contribution in [0.5, 0.6) is 0 Å². The summed E-state index contributed by atoms with van der Waals surface area (Å²) in [7, 11) is 0. The van der Waals surface area contributed by atoms with E-state index in [0.717, 1.165) is 0 Å². The molecule has 2 aliphatic carbocycles. The van der Waals surface area contributed by atoms with Gasteiger partial charge in [-0.25, -0.2) is 0 Å². The van der Waals surface area contributed by atoms with Crippen molar-refractivity contribution in [2.45, 2.75) is 38.5 Å². The second kappa shape index (κ2) is 6.34. The first kappa shape index (κ1) is 16.1. The molecule has 0 aromatic heterocycles. The molecule has 0 heterocycles. The quantitative estimate of drug-likeness (QED) is 0.303. The van der Waals surface area contributed by atoms with E-state index < -0.39 is 0 Å². The topological polar surface area (TPSA) is 0 Å². The molecule has 0 nitrogen and oxygen atoms in total. The summed E-state index contributed by atoms with van der Waals surface area (Å²) in [5.41, 5.74) is 9.41. The number of aryl methyl sites for hydroxylation is 2. The van der Waals surface area contributed by atoms with Crippen LogP contribution in [0.1, 0.15) is 47.9 Å². The number of fused-ring (bicyclic) bond motifs is 6. The van der Waals surface area contributed by atoms with Crippen LogP contribution in [0.2, 0.25) is 0 Å².